The van der Waals surface area contributed by atoms with Gasteiger partial charge >= 0.3 is 39.5 Å². The van der Waals surface area contributed by atoms with Gasteiger partial charge in [0.25, 0.3) is 0 Å². The summed E-state index contributed by atoms with van der Waals surface area (Å²) in [4.78, 5) is 73.1. The van der Waals surface area contributed by atoms with Crippen LogP contribution in [0.25, 0.3) is 0 Å². The van der Waals surface area contributed by atoms with Crippen LogP contribution in [-0.4, -0.2) is 96.7 Å². The number of hydrogen-bond donors (Lipinski definition) is 3. The maximum atomic E-state index is 13.1. The third kappa shape index (κ3) is 74.4. The summed E-state index contributed by atoms with van der Waals surface area (Å²) in [6.07, 6.45) is 67.3. The largest absolute Gasteiger partial charge is 0.472 e. The van der Waals surface area contributed by atoms with Crippen LogP contribution >= 0.6 is 15.6 Å². The highest BCUT2D eigenvalue weighted by Crippen LogP contribution is 2.45. The van der Waals surface area contributed by atoms with Crippen molar-refractivity contribution >= 4 is 39.5 Å². The number of rotatable bonds is 80. The van der Waals surface area contributed by atoms with Crippen LogP contribution in [-0.2, 0) is 65.4 Å². The SMILES string of the molecule is CCCCCC/C=C\C=C/CCCCCCCC(=O)O[C@H](COC(=O)CCCCCCCCCCCC(C)C)COP(=O)(O)OC[C@H](O)COP(=O)(O)OC[C@@H](COC(=O)CCCCCCCCCCCCCCCCCCC)OC(=O)CCCCCCCCCCCCCCCCC(C)CC. The van der Waals surface area contributed by atoms with E-state index < -0.39 is 97.5 Å². The third-order valence-corrected chi connectivity index (χ3v) is 21.1. The van der Waals surface area contributed by atoms with Crippen molar-refractivity contribution in [2.75, 3.05) is 39.6 Å². The first kappa shape index (κ1) is 99.5. The summed E-state index contributed by atoms with van der Waals surface area (Å²) in [5, 5.41) is 10.7. The van der Waals surface area contributed by atoms with Crippen molar-refractivity contribution in [2.24, 2.45) is 11.8 Å². The minimum Gasteiger partial charge on any atom is -0.462 e. The summed E-state index contributed by atoms with van der Waals surface area (Å²) >= 11 is 0. The molecule has 3 unspecified atom stereocenters. The highest BCUT2D eigenvalue weighted by Gasteiger charge is 2.30. The van der Waals surface area contributed by atoms with Gasteiger partial charge in [0.05, 0.1) is 26.4 Å². The van der Waals surface area contributed by atoms with Gasteiger partial charge in [-0.15, -0.1) is 0 Å². The van der Waals surface area contributed by atoms with E-state index in [2.05, 4.69) is 65.8 Å². The summed E-state index contributed by atoms with van der Waals surface area (Å²) in [6, 6.07) is 0. The summed E-state index contributed by atoms with van der Waals surface area (Å²) in [5.74, 6) is -0.550. The molecule has 3 N–H and O–H groups in total. The highest BCUT2D eigenvalue weighted by molar-refractivity contribution is 7.47. The summed E-state index contributed by atoms with van der Waals surface area (Å²) in [5.41, 5.74) is 0. The molecule has 102 heavy (non-hydrogen) atoms. The Morgan fingerprint density at radius 1 is 0.324 bits per heavy atom. The molecular weight excluding hydrogens is 1330 g/mol. The van der Waals surface area contributed by atoms with Crippen molar-refractivity contribution in [3.8, 4) is 0 Å². The molecule has 0 amide bonds. The van der Waals surface area contributed by atoms with E-state index in [1.165, 1.54) is 218 Å². The molecule has 0 heterocycles. The molecule has 6 atom stereocenters. The quantitative estimate of drug-likeness (QED) is 0.0169. The molecule has 0 saturated carbocycles. The first-order valence-corrected chi connectivity index (χ1v) is 45.3. The van der Waals surface area contributed by atoms with Crippen molar-refractivity contribution in [3.63, 3.8) is 0 Å². The fraction of sp³-hybridized carbons (Fsp3) is 0.904. The molecule has 0 aliphatic carbocycles. The standard InChI is InChI=1S/C83H158O17P2/c1-7-10-12-14-16-18-20-22-24-25-27-31-35-41-47-53-59-65-80(85)93-71-78(99-83(88)68-62-56-50-43-37-33-29-28-30-34-40-46-52-58-64-76(6)9-3)73-97-101(89,90)95-69-77(84)70-96-102(91,92)98-74-79(72-94-81(86)66-60-54-48-44-38-39-45-51-57-63-75(4)5)100-82(87)67-61-55-49-42-36-32-26-23-21-19-17-15-13-11-8-2/h19,21,23,26,75-79,84H,7-18,20,22,24-25,27-74H2,1-6H3,(H,89,90)(H,91,92)/b21-19-,26-23-/t76?,77-,78-,79-/m1/s1. The Morgan fingerprint density at radius 2 is 0.578 bits per heavy atom. The van der Waals surface area contributed by atoms with Gasteiger partial charge in [-0.05, 0) is 63.2 Å². The second kappa shape index (κ2) is 74.0. The van der Waals surface area contributed by atoms with Crippen molar-refractivity contribution in [1.29, 1.82) is 0 Å². The van der Waals surface area contributed by atoms with Crippen LogP contribution in [0.1, 0.15) is 414 Å². The topological polar surface area (TPSA) is 237 Å². The van der Waals surface area contributed by atoms with Crippen LogP contribution in [0.5, 0.6) is 0 Å². The van der Waals surface area contributed by atoms with Crippen molar-refractivity contribution < 1.29 is 80.2 Å². The molecule has 0 rings (SSSR count). The molecule has 0 spiro atoms. The first-order chi connectivity index (χ1) is 49.4. The van der Waals surface area contributed by atoms with E-state index >= 15 is 0 Å². The van der Waals surface area contributed by atoms with Gasteiger partial charge < -0.3 is 33.8 Å². The van der Waals surface area contributed by atoms with Gasteiger partial charge in [0.1, 0.15) is 19.3 Å². The molecule has 0 fully saturated rings. The van der Waals surface area contributed by atoms with Crippen LogP contribution < -0.4 is 0 Å². The lowest BCUT2D eigenvalue weighted by Crippen LogP contribution is -2.30. The fourth-order valence-corrected chi connectivity index (χ4v) is 13.9. The molecule has 0 aromatic heterocycles. The van der Waals surface area contributed by atoms with E-state index in [0.717, 1.165) is 115 Å². The lowest BCUT2D eigenvalue weighted by Gasteiger charge is -2.21. The number of ether oxygens (including phenoxy) is 4. The van der Waals surface area contributed by atoms with Crippen molar-refractivity contribution in [1.82, 2.24) is 0 Å². The molecule has 0 aromatic carbocycles. The van der Waals surface area contributed by atoms with Crippen LogP contribution in [0, 0.1) is 11.8 Å². The number of phosphoric ester groups is 2. The number of carbonyl (C=O) groups excluding carboxylic acids is 4. The average molecular weight is 1490 g/mol. The number of esters is 4. The van der Waals surface area contributed by atoms with Crippen LogP contribution in [0.15, 0.2) is 24.3 Å². The normalized spacial score (nSPS) is 14.3. The number of unbranched alkanes of at least 4 members (excludes halogenated alkanes) is 46. The van der Waals surface area contributed by atoms with Crippen molar-refractivity contribution in [3.05, 3.63) is 24.3 Å². The Hall–Kier alpha value is -2.46. The van der Waals surface area contributed by atoms with E-state index in [1.54, 1.807) is 0 Å². The van der Waals surface area contributed by atoms with Crippen molar-refractivity contribution in [2.45, 2.75) is 432 Å². The number of phosphoric acid groups is 2. The molecule has 0 radical (unpaired) electrons. The molecule has 0 aliphatic rings. The molecule has 0 bridgehead atoms. The van der Waals surface area contributed by atoms with E-state index in [-0.39, 0.29) is 25.7 Å². The predicted octanol–water partition coefficient (Wildman–Crippen LogP) is 24.6. The van der Waals surface area contributed by atoms with Gasteiger partial charge in [0.2, 0.25) is 0 Å². The monoisotopic (exact) mass is 1490 g/mol. The van der Waals surface area contributed by atoms with E-state index in [4.69, 9.17) is 37.0 Å². The average Bonchev–Trinajstić information content (AvgIpc) is 0.911. The molecule has 19 heteroatoms. The van der Waals surface area contributed by atoms with Gasteiger partial charge in [-0.1, -0.05) is 361 Å². The number of aliphatic hydroxyl groups is 1. The number of allylic oxidation sites excluding steroid dienone is 4. The Morgan fingerprint density at radius 3 is 0.882 bits per heavy atom. The second-order valence-electron chi connectivity index (χ2n) is 29.9. The van der Waals surface area contributed by atoms with Gasteiger partial charge in [-0.2, -0.15) is 0 Å². The zero-order valence-corrected chi connectivity index (χ0v) is 68.2. The van der Waals surface area contributed by atoms with Gasteiger partial charge in [0.15, 0.2) is 12.2 Å². The lowest BCUT2D eigenvalue weighted by molar-refractivity contribution is -0.161. The smallest absolute Gasteiger partial charge is 0.462 e. The first-order valence-electron chi connectivity index (χ1n) is 42.3. The maximum absolute atomic E-state index is 13.1. The molecule has 602 valence electrons. The predicted molar refractivity (Wildman–Crippen MR) is 418 cm³/mol. The fourth-order valence-electron chi connectivity index (χ4n) is 12.3. The molecule has 0 aromatic rings. The lowest BCUT2D eigenvalue weighted by atomic mass is 9.99. The Kier molecular flexibility index (Phi) is 72.2. The minimum atomic E-state index is -4.97. The van der Waals surface area contributed by atoms with E-state index in [0.29, 0.717) is 25.7 Å². The Balaban J connectivity index is 5.30. The molecule has 0 aliphatic heterocycles. The maximum Gasteiger partial charge on any atom is 0.472 e. The summed E-state index contributed by atoms with van der Waals surface area (Å²) in [7, 11) is -9.94. The van der Waals surface area contributed by atoms with Crippen LogP contribution in [0.3, 0.4) is 0 Å². The Bertz CT molecular complexity index is 2060. The van der Waals surface area contributed by atoms with Crippen LogP contribution in [0.4, 0.5) is 0 Å². The van der Waals surface area contributed by atoms with Gasteiger partial charge in [-0.25, -0.2) is 9.13 Å². The molecule has 17 nitrogen and oxygen atoms in total. The molecular formula is C83H158O17P2. The zero-order chi connectivity index (χ0) is 74.9. The number of aliphatic hydroxyl groups excluding tert-OH is 1. The van der Waals surface area contributed by atoms with Crippen LogP contribution in [0.2, 0.25) is 0 Å². The van der Waals surface area contributed by atoms with Gasteiger partial charge in [-0.3, -0.25) is 37.3 Å². The highest BCUT2D eigenvalue weighted by atomic mass is 31.2. The van der Waals surface area contributed by atoms with E-state index in [1.807, 2.05) is 0 Å². The third-order valence-electron chi connectivity index (χ3n) is 19.2. The van der Waals surface area contributed by atoms with E-state index in [9.17, 15) is 43.2 Å². The van der Waals surface area contributed by atoms with Gasteiger partial charge in [0, 0.05) is 25.7 Å². The number of carbonyl (C=O) groups is 4. The number of hydrogen-bond acceptors (Lipinski definition) is 15. The summed E-state index contributed by atoms with van der Waals surface area (Å²) in [6.45, 7) is 9.62. The zero-order valence-electron chi connectivity index (χ0n) is 66.4. The Labute approximate surface area is 624 Å². The summed E-state index contributed by atoms with van der Waals surface area (Å²) < 4.78 is 68.8. The second-order valence-corrected chi connectivity index (χ2v) is 32.8. The minimum absolute atomic E-state index is 0.0849. The molecule has 0 saturated heterocycles.